The zero-order valence-corrected chi connectivity index (χ0v) is 15.4. The van der Waals surface area contributed by atoms with Gasteiger partial charge in [-0.1, -0.05) is 5.16 Å². The fourth-order valence-electron chi connectivity index (χ4n) is 3.54. The van der Waals surface area contributed by atoms with Crippen LogP contribution in [0.3, 0.4) is 0 Å². The highest BCUT2D eigenvalue weighted by Crippen LogP contribution is 2.25. The van der Waals surface area contributed by atoms with Crippen molar-refractivity contribution in [2.24, 2.45) is 0 Å². The van der Waals surface area contributed by atoms with Gasteiger partial charge in [-0.2, -0.15) is 4.98 Å². The Hall–Kier alpha value is -3.00. The van der Waals surface area contributed by atoms with Crippen LogP contribution in [0, 0.1) is 5.82 Å². The SMILES string of the molecule is Fc1ccc(N2CCN(c3ccc(-c4noc([C@H]5CCN5)n4)cn3)CC2)cc1. The molecule has 7 nitrogen and oxygen atoms in total. The van der Waals surface area contributed by atoms with Gasteiger partial charge in [-0.15, -0.1) is 0 Å². The van der Waals surface area contributed by atoms with E-state index in [1.807, 2.05) is 24.3 Å². The van der Waals surface area contributed by atoms with Crippen molar-refractivity contribution < 1.29 is 8.91 Å². The van der Waals surface area contributed by atoms with Crippen molar-refractivity contribution >= 4 is 11.5 Å². The van der Waals surface area contributed by atoms with E-state index >= 15 is 0 Å². The number of benzene rings is 1. The van der Waals surface area contributed by atoms with Gasteiger partial charge in [0, 0.05) is 43.6 Å². The number of pyridine rings is 1. The Balaban J connectivity index is 1.23. The summed E-state index contributed by atoms with van der Waals surface area (Å²) in [6, 6.07) is 10.8. The fourth-order valence-corrected chi connectivity index (χ4v) is 3.54. The van der Waals surface area contributed by atoms with E-state index in [4.69, 9.17) is 4.52 Å². The second kappa shape index (κ2) is 7.20. The fraction of sp³-hybridized carbons (Fsp3) is 0.350. The Morgan fingerprint density at radius 1 is 1.00 bits per heavy atom. The molecule has 3 aromatic rings. The van der Waals surface area contributed by atoms with Crippen molar-refractivity contribution in [1.82, 2.24) is 20.4 Å². The first-order valence-corrected chi connectivity index (χ1v) is 9.55. The van der Waals surface area contributed by atoms with Crippen LogP contribution in [-0.4, -0.2) is 47.8 Å². The lowest BCUT2D eigenvalue weighted by atomic mass is 10.1. The number of piperazine rings is 1. The predicted molar refractivity (Wildman–Crippen MR) is 104 cm³/mol. The van der Waals surface area contributed by atoms with Crippen LogP contribution in [0.2, 0.25) is 0 Å². The van der Waals surface area contributed by atoms with Crippen LogP contribution >= 0.6 is 0 Å². The summed E-state index contributed by atoms with van der Waals surface area (Å²) < 4.78 is 18.4. The van der Waals surface area contributed by atoms with Crippen LogP contribution in [0.4, 0.5) is 15.9 Å². The van der Waals surface area contributed by atoms with E-state index in [1.54, 1.807) is 6.20 Å². The standard InChI is InChI=1S/C20H21FN6O/c21-15-2-4-16(5-3-15)26-9-11-27(12-10-26)18-6-1-14(13-23-18)19-24-20(28-25-19)17-7-8-22-17/h1-6,13,17,22H,7-12H2/t17-/m1/s1. The van der Waals surface area contributed by atoms with Crippen molar-refractivity contribution in [3.8, 4) is 11.4 Å². The maximum absolute atomic E-state index is 13.1. The smallest absolute Gasteiger partial charge is 0.244 e. The topological polar surface area (TPSA) is 70.3 Å². The Morgan fingerprint density at radius 3 is 2.39 bits per heavy atom. The number of hydrogen-bond acceptors (Lipinski definition) is 7. The second-order valence-electron chi connectivity index (χ2n) is 7.11. The molecule has 5 rings (SSSR count). The average Bonchev–Trinajstić information content (AvgIpc) is 3.17. The Kier molecular flexibility index (Phi) is 4.40. The van der Waals surface area contributed by atoms with Gasteiger partial charge >= 0.3 is 0 Å². The Bertz CT molecular complexity index is 930. The molecule has 2 saturated heterocycles. The number of nitrogens with zero attached hydrogens (tertiary/aromatic N) is 5. The van der Waals surface area contributed by atoms with Crippen molar-refractivity contribution in [3.05, 3.63) is 54.3 Å². The lowest BCUT2D eigenvalue weighted by Crippen LogP contribution is -2.46. The molecule has 2 aromatic heterocycles. The highest BCUT2D eigenvalue weighted by molar-refractivity contribution is 5.56. The first kappa shape index (κ1) is 17.1. The zero-order chi connectivity index (χ0) is 18.9. The first-order chi connectivity index (χ1) is 13.8. The van der Waals surface area contributed by atoms with Gasteiger partial charge in [0.15, 0.2) is 0 Å². The molecule has 1 N–H and O–H groups in total. The molecule has 2 fully saturated rings. The molecule has 2 aliphatic heterocycles. The molecule has 1 aromatic carbocycles. The van der Waals surface area contributed by atoms with E-state index in [1.165, 1.54) is 12.1 Å². The van der Waals surface area contributed by atoms with Crippen molar-refractivity contribution in [1.29, 1.82) is 0 Å². The van der Waals surface area contributed by atoms with E-state index < -0.39 is 0 Å². The highest BCUT2D eigenvalue weighted by atomic mass is 19.1. The van der Waals surface area contributed by atoms with Gasteiger partial charge in [0.25, 0.3) is 0 Å². The summed E-state index contributed by atoms with van der Waals surface area (Å²) >= 11 is 0. The minimum atomic E-state index is -0.204. The predicted octanol–water partition coefficient (Wildman–Crippen LogP) is 2.63. The minimum Gasteiger partial charge on any atom is -0.368 e. The summed E-state index contributed by atoms with van der Waals surface area (Å²) in [5.41, 5.74) is 1.90. The third-order valence-electron chi connectivity index (χ3n) is 5.37. The number of hydrogen-bond donors (Lipinski definition) is 1. The maximum atomic E-state index is 13.1. The summed E-state index contributed by atoms with van der Waals surface area (Å²) in [5.74, 6) is 1.95. The molecular formula is C20H21FN6O. The van der Waals surface area contributed by atoms with Gasteiger partial charge in [0.2, 0.25) is 11.7 Å². The third kappa shape index (κ3) is 3.31. The van der Waals surface area contributed by atoms with Crippen LogP contribution in [0.5, 0.6) is 0 Å². The molecule has 144 valence electrons. The third-order valence-corrected chi connectivity index (χ3v) is 5.37. The monoisotopic (exact) mass is 380 g/mol. The first-order valence-electron chi connectivity index (χ1n) is 9.55. The van der Waals surface area contributed by atoms with E-state index in [0.717, 1.165) is 56.2 Å². The molecule has 0 aliphatic carbocycles. The number of nitrogens with one attached hydrogen (secondary N) is 1. The molecule has 8 heteroatoms. The van der Waals surface area contributed by atoms with E-state index in [9.17, 15) is 4.39 Å². The Labute approximate surface area is 162 Å². The van der Waals surface area contributed by atoms with Crippen LogP contribution in [0.25, 0.3) is 11.4 Å². The van der Waals surface area contributed by atoms with Gasteiger partial charge < -0.3 is 19.6 Å². The van der Waals surface area contributed by atoms with Crippen LogP contribution in [0.15, 0.2) is 47.1 Å². The van der Waals surface area contributed by atoms with Crippen molar-refractivity contribution in [2.75, 3.05) is 42.5 Å². The number of aromatic nitrogens is 3. The van der Waals surface area contributed by atoms with E-state index in [0.29, 0.717) is 11.7 Å². The van der Waals surface area contributed by atoms with E-state index in [2.05, 4.69) is 30.2 Å². The molecule has 1 atom stereocenters. The Morgan fingerprint density at radius 2 is 1.75 bits per heavy atom. The molecule has 4 heterocycles. The maximum Gasteiger partial charge on any atom is 0.244 e. The highest BCUT2D eigenvalue weighted by Gasteiger charge is 2.25. The molecule has 0 radical (unpaired) electrons. The van der Waals surface area contributed by atoms with Crippen LogP contribution < -0.4 is 15.1 Å². The van der Waals surface area contributed by atoms with Crippen LogP contribution in [0.1, 0.15) is 18.4 Å². The molecule has 0 bridgehead atoms. The van der Waals surface area contributed by atoms with Gasteiger partial charge in [0.05, 0.1) is 6.04 Å². The molecule has 0 spiro atoms. The van der Waals surface area contributed by atoms with E-state index in [-0.39, 0.29) is 11.9 Å². The van der Waals surface area contributed by atoms with Crippen LogP contribution in [-0.2, 0) is 0 Å². The quantitative estimate of drug-likeness (QED) is 0.746. The molecule has 0 unspecified atom stereocenters. The van der Waals surface area contributed by atoms with Gasteiger partial charge in [0.1, 0.15) is 11.6 Å². The average molecular weight is 380 g/mol. The number of rotatable bonds is 4. The second-order valence-corrected chi connectivity index (χ2v) is 7.11. The molecular weight excluding hydrogens is 359 g/mol. The lowest BCUT2D eigenvalue weighted by molar-refractivity contribution is 0.273. The summed E-state index contributed by atoms with van der Waals surface area (Å²) in [4.78, 5) is 13.6. The minimum absolute atomic E-state index is 0.186. The summed E-state index contributed by atoms with van der Waals surface area (Å²) in [7, 11) is 0. The van der Waals surface area contributed by atoms with Crippen molar-refractivity contribution in [3.63, 3.8) is 0 Å². The number of anilines is 2. The lowest BCUT2D eigenvalue weighted by Gasteiger charge is -2.36. The summed E-state index contributed by atoms with van der Waals surface area (Å²) in [6.07, 6.45) is 2.83. The van der Waals surface area contributed by atoms with Crippen molar-refractivity contribution in [2.45, 2.75) is 12.5 Å². The molecule has 2 aliphatic rings. The van der Waals surface area contributed by atoms with Gasteiger partial charge in [-0.05, 0) is 49.4 Å². The molecule has 28 heavy (non-hydrogen) atoms. The normalized spacial score (nSPS) is 19.5. The van der Waals surface area contributed by atoms with Gasteiger partial charge in [-0.25, -0.2) is 9.37 Å². The largest absolute Gasteiger partial charge is 0.368 e. The molecule has 0 saturated carbocycles. The number of halogens is 1. The summed E-state index contributed by atoms with van der Waals surface area (Å²) in [5, 5.41) is 7.32. The summed E-state index contributed by atoms with van der Waals surface area (Å²) in [6.45, 7) is 4.47. The van der Waals surface area contributed by atoms with Gasteiger partial charge in [-0.3, -0.25) is 0 Å². The zero-order valence-electron chi connectivity index (χ0n) is 15.4. The molecule has 0 amide bonds.